The lowest BCUT2D eigenvalue weighted by Crippen LogP contribution is -2.26. The fourth-order valence-electron chi connectivity index (χ4n) is 1.94. The molecule has 0 fully saturated rings. The van der Waals surface area contributed by atoms with E-state index in [0.717, 1.165) is 17.9 Å². The van der Waals surface area contributed by atoms with Crippen LogP contribution in [0.15, 0.2) is 0 Å². The third-order valence-electron chi connectivity index (χ3n) is 3.06. The van der Waals surface area contributed by atoms with Gasteiger partial charge in [-0.05, 0) is 38.9 Å². The van der Waals surface area contributed by atoms with Gasteiger partial charge in [-0.2, -0.15) is 0 Å². The lowest BCUT2D eigenvalue weighted by atomic mass is 9.99. The molecular formula is C15H30OS. The summed E-state index contributed by atoms with van der Waals surface area (Å²) in [5, 5.41) is 0.748. The first kappa shape index (κ1) is 16.9. The van der Waals surface area contributed by atoms with E-state index in [4.69, 9.17) is 17.0 Å². The van der Waals surface area contributed by atoms with E-state index in [1.807, 2.05) is 6.92 Å². The smallest absolute Gasteiger partial charge is 0.160 e. The molecule has 17 heavy (non-hydrogen) atoms. The number of thiocarbonyl (C=S) groups is 1. The summed E-state index contributed by atoms with van der Waals surface area (Å²) >= 11 is 5.13. The molecule has 0 atom stereocenters. The van der Waals surface area contributed by atoms with Crippen LogP contribution in [0.5, 0.6) is 0 Å². The van der Waals surface area contributed by atoms with Gasteiger partial charge in [-0.25, -0.2) is 0 Å². The Balaban J connectivity index is 3.48. The van der Waals surface area contributed by atoms with E-state index in [-0.39, 0.29) is 5.60 Å². The summed E-state index contributed by atoms with van der Waals surface area (Å²) in [6, 6.07) is 0. The van der Waals surface area contributed by atoms with E-state index in [1.165, 1.54) is 44.9 Å². The summed E-state index contributed by atoms with van der Waals surface area (Å²) in [6.07, 6.45) is 11.4. The molecule has 0 spiro atoms. The predicted octanol–water partition coefficient (Wildman–Crippen LogP) is 5.66. The molecule has 0 rings (SSSR count). The monoisotopic (exact) mass is 258 g/mol. The number of hydrogen-bond acceptors (Lipinski definition) is 2. The maximum atomic E-state index is 5.76. The molecular weight excluding hydrogens is 228 g/mol. The van der Waals surface area contributed by atoms with Crippen LogP contribution in [-0.2, 0) is 4.74 Å². The predicted molar refractivity (Wildman–Crippen MR) is 80.7 cm³/mol. The first-order valence-corrected chi connectivity index (χ1v) is 7.64. The molecule has 0 aliphatic carbocycles. The van der Waals surface area contributed by atoms with Gasteiger partial charge in [-0.3, -0.25) is 0 Å². The topological polar surface area (TPSA) is 9.23 Å². The highest BCUT2D eigenvalue weighted by Crippen LogP contribution is 2.20. The highest BCUT2D eigenvalue weighted by Gasteiger charge is 2.19. The van der Waals surface area contributed by atoms with E-state index in [2.05, 4.69) is 20.8 Å². The molecule has 0 unspecified atom stereocenters. The fraction of sp³-hybridized carbons (Fsp3) is 0.933. The zero-order chi connectivity index (χ0) is 13.1. The first-order chi connectivity index (χ1) is 8.02. The minimum absolute atomic E-state index is 0.0729. The highest BCUT2D eigenvalue weighted by molar-refractivity contribution is 7.80. The van der Waals surface area contributed by atoms with Gasteiger partial charge in [0.1, 0.15) is 5.60 Å². The molecule has 0 saturated carbocycles. The third-order valence-corrected chi connectivity index (χ3v) is 3.43. The fourth-order valence-corrected chi connectivity index (χ4v) is 2.16. The minimum Gasteiger partial charge on any atom is -0.481 e. The summed E-state index contributed by atoms with van der Waals surface area (Å²) in [4.78, 5) is 0. The molecule has 0 radical (unpaired) electrons. The van der Waals surface area contributed by atoms with Crippen LogP contribution in [0.4, 0.5) is 0 Å². The molecule has 0 bridgehead atoms. The second-order valence-electron chi connectivity index (χ2n) is 5.46. The van der Waals surface area contributed by atoms with Crippen LogP contribution >= 0.6 is 12.2 Å². The number of unbranched alkanes of at least 4 members (excludes halogenated alkanes) is 6. The van der Waals surface area contributed by atoms with Crippen molar-refractivity contribution < 1.29 is 4.74 Å². The van der Waals surface area contributed by atoms with Crippen molar-refractivity contribution in [1.29, 1.82) is 0 Å². The van der Waals surface area contributed by atoms with Crippen molar-refractivity contribution >= 4 is 17.3 Å². The van der Waals surface area contributed by atoms with Crippen molar-refractivity contribution in [2.45, 2.75) is 91.1 Å². The number of ether oxygens (including phenoxy) is 1. The first-order valence-electron chi connectivity index (χ1n) is 7.23. The van der Waals surface area contributed by atoms with Crippen LogP contribution in [0.1, 0.15) is 85.5 Å². The standard InChI is InChI=1S/C15H30OS/c1-5-7-8-9-10-11-12-13-15(3,4)16-14(17)6-2/h5-13H2,1-4H3. The van der Waals surface area contributed by atoms with Crippen LogP contribution in [0.2, 0.25) is 0 Å². The van der Waals surface area contributed by atoms with Crippen LogP contribution in [-0.4, -0.2) is 10.7 Å². The van der Waals surface area contributed by atoms with Gasteiger partial charge in [0.2, 0.25) is 0 Å². The Hall–Kier alpha value is -0.110. The number of rotatable bonds is 10. The van der Waals surface area contributed by atoms with Crippen LogP contribution < -0.4 is 0 Å². The van der Waals surface area contributed by atoms with Crippen molar-refractivity contribution in [3.8, 4) is 0 Å². The molecule has 0 heterocycles. The van der Waals surface area contributed by atoms with E-state index in [0.29, 0.717) is 0 Å². The lowest BCUT2D eigenvalue weighted by molar-refractivity contribution is 0.0839. The summed E-state index contributed by atoms with van der Waals surface area (Å²) < 4.78 is 5.76. The van der Waals surface area contributed by atoms with Gasteiger partial charge in [0.05, 0.1) is 0 Å². The van der Waals surface area contributed by atoms with Gasteiger partial charge in [0.25, 0.3) is 0 Å². The van der Waals surface area contributed by atoms with Crippen molar-refractivity contribution in [2.24, 2.45) is 0 Å². The molecule has 0 aromatic rings. The van der Waals surface area contributed by atoms with Crippen molar-refractivity contribution in [3.63, 3.8) is 0 Å². The Kier molecular flexibility index (Phi) is 9.81. The average Bonchev–Trinajstić information content (AvgIpc) is 2.27. The quantitative estimate of drug-likeness (QED) is 0.369. The van der Waals surface area contributed by atoms with Crippen LogP contribution in [0, 0.1) is 0 Å². The zero-order valence-corrected chi connectivity index (χ0v) is 13.0. The minimum atomic E-state index is -0.0729. The van der Waals surface area contributed by atoms with E-state index >= 15 is 0 Å². The Bertz CT molecular complexity index is 199. The van der Waals surface area contributed by atoms with E-state index in [1.54, 1.807) is 0 Å². The van der Waals surface area contributed by atoms with Crippen LogP contribution in [0.3, 0.4) is 0 Å². The largest absolute Gasteiger partial charge is 0.481 e. The Morgan fingerprint density at radius 3 is 2.00 bits per heavy atom. The molecule has 0 saturated heterocycles. The van der Waals surface area contributed by atoms with Gasteiger partial charge in [0.15, 0.2) is 5.05 Å². The molecule has 1 nitrogen and oxygen atoms in total. The second kappa shape index (κ2) is 9.87. The van der Waals surface area contributed by atoms with E-state index < -0.39 is 0 Å². The van der Waals surface area contributed by atoms with Crippen molar-refractivity contribution in [1.82, 2.24) is 0 Å². The van der Waals surface area contributed by atoms with E-state index in [9.17, 15) is 0 Å². The van der Waals surface area contributed by atoms with Gasteiger partial charge < -0.3 is 4.74 Å². The summed E-state index contributed by atoms with van der Waals surface area (Å²) in [6.45, 7) is 8.60. The molecule has 0 aliphatic heterocycles. The summed E-state index contributed by atoms with van der Waals surface area (Å²) in [5.74, 6) is 0. The Labute approximate surface area is 113 Å². The van der Waals surface area contributed by atoms with Crippen molar-refractivity contribution in [2.75, 3.05) is 0 Å². The molecule has 0 aliphatic rings. The summed E-state index contributed by atoms with van der Waals surface area (Å²) in [5.41, 5.74) is -0.0729. The Morgan fingerprint density at radius 1 is 0.941 bits per heavy atom. The normalized spacial score (nSPS) is 11.5. The summed E-state index contributed by atoms with van der Waals surface area (Å²) in [7, 11) is 0. The molecule has 0 amide bonds. The molecule has 0 N–H and O–H groups in total. The average molecular weight is 258 g/mol. The van der Waals surface area contributed by atoms with Gasteiger partial charge in [-0.1, -0.05) is 52.4 Å². The SMILES string of the molecule is CCCCCCCCCC(C)(C)OC(=S)CC. The molecule has 0 aromatic heterocycles. The lowest BCUT2D eigenvalue weighted by Gasteiger charge is -2.26. The molecule has 2 heteroatoms. The maximum Gasteiger partial charge on any atom is 0.160 e. The van der Waals surface area contributed by atoms with Gasteiger partial charge in [-0.15, -0.1) is 0 Å². The van der Waals surface area contributed by atoms with Crippen LogP contribution in [0.25, 0.3) is 0 Å². The highest BCUT2D eigenvalue weighted by atomic mass is 32.1. The number of hydrogen-bond donors (Lipinski definition) is 0. The maximum absolute atomic E-state index is 5.76. The van der Waals surface area contributed by atoms with Gasteiger partial charge >= 0.3 is 0 Å². The third kappa shape index (κ3) is 10.7. The second-order valence-corrected chi connectivity index (χ2v) is 5.91. The molecule has 0 aromatic carbocycles. The van der Waals surface area contributed by atoms with Gasteiger partial charge in [0, 0.05) is 6.42 Å². The zero-order valence-electron chi connectivity index (χ0n) is 12.2. The van der Waals surface area contributed by atoms with Crippen molar-refractivity contribution in [3.05, 3.63) is 0 Å². The Morgan fingerprint density at radius 2 is 1.47 bits per heavy atom. The molecule has 102 valence electrons.